The van der Waals surface area contributed by atoms with Crippen LogP contribution in [-0.4, -0.2) is 52.3 Å². The molecular formula is C19H24N4O5. The average Bonchev–Trinajstić information content (AvgIpc) is 3.11. The highest BCUT2D eigenvalue weighted by molar-refractivity contribution is 5.89. The van der Waals surface area contributed by atoms with Crippen molar-refractivity contribution in [2.24, 2.45) is 5.92 Å². The predicted octanol–water partition coefficient (Wildman–Crippen LogP) is 2.69. The fourth-order valence-electron chi connectivity index (χ4n) is 3.59. The number of hydrogen-bond donors (Lipinski definition) is 3. The van der Waals surface area contributed by atoms with Crippen molar-refractivity contribution in [1.29, 1.82) is 0 Å². The van der Waals surface area contributed by atoms with Crippen LogP contribution in [0.25, 0.3) is 11.3 Å². The first-order valence-electron chi connectivity index (χ1n) is 9.52. The first-order chi connectivity index (χ1) is 13.5. The van der Waals surface area contributed by atoms with Gasteiger partial charge in [-0.25, -0.2) is 4.79 Å². The largest absolute Gasteiger partial charge is 0.480 e. The van der Waals surface area contributed by atoms with E-state index in [1.54, 1.807) is 18.4 Å². The number of aromatic nitrogens is 1. The highest BCUT2D eigenvalue weighted by Gasteiger charge is 2.37. The van der Waals surface area contributed by atoms with E-state index in [9.17, 15) is 9.59 Å². The lowest BCUT2D eigenvalue weighted by atomic mass is 9.85. The summed E-state index contributed by atoms with van der Waals surface area (Å²) in [5.41, 5.74) is 0.789. The maximum absolute atomic E-state index is 12.2. The standard InChI is InChI=1S/C19H24N4O5/c1-11-15(4-5-27-11)16-8-17(22-28-16)21-19(26)20-13-6-14(7-13)23(10-18(24)25)9-12-2-3-12/h4-5,8,12-14H,2-3,6-7,9-10H2,1H3,(H,24,25)(H2,20,21,22,26). The molecule has 2 heterocycles. The molecule has 2 fully saturated rings. The van der Waals surface area contributed by atoms with Crippen LogP contribution in [0.2, 0.25) is 0 Å². The summed E-state index contributed by atoms with van der Waals surface area (Å²) in [7, 11) is 0. The maximum atomic E-state index is 12.2. The van der Waals surface area contributed by atoms with Gasteiger partial charge in [-0.3, -0.25) is 15.0 Å². The Kier molecular flexibility index (Phi) is 5.08. The third kappa shape index (κ3) is 4.36. The zero-order chi connectivity index (χ0) is 19.7. The lowest BCUT2D eigenvalue weighted by molar-refractivity contribution is -0.139. The molecule has 2 aliphatic carbocycles. The molecule has 2 aliphatic rings. The van der Waals surface area contributed by atoms with Crippen molar-refractivity contribution >= 4 is 17.8 Å². The van der Waals surface area contributed by atoms with Gasteiger partial charge in [0.15, 0.2) is 11.6 Å². The molecular weight excluding hydrogens is 364 g/mol. The molecule has 4 rings (SSSR count). The van der Waals surface area contributed by atoms with Crippen LogP contribution in [0.4, 0.5) is 10.6 Å². The van der Waals surface area contributed by atoms with E-state index in [1.807, 2.05) is 11.8 Å². The van der Waals surface area contributed by atoms with E-state index >= 15 is 0 Å². The highest BCUT2D eigenvalue weighted by Crippen LogP contribution is 2.34. The van der Waals surface area contributed by atoms with Crippen molar-refractivity contribution in [2.45, 2.75) is 44.7 Å². The normalized spacial score (nSPS) is 21.4. The lowest BCUT2D eigenvalue weighted by Gasteiger charge is -2.42. The number of furan rings is 1. The predicted molar refractivity (Wildman–Crippen MR) is 99.8 cm³/mol. The Labute approximate surface area is 162 Å². The van der Waals surface area contributed by atoms with Crippen molar-refractivity contribution in [1.82, 2.24) is 15.4 Å². The second kappa shape index (κ2) is 7.67. The second-order valence-corrected chi connectivity index (χ2v) is 7.65. The van der Waals surface area contributed by atoms with Crippen molar-refractivity contribution < 1.29 is 23.6 Å². The SMILES string of the molecule is Cc1occc1-c1cc(NC(=O)NC2CC(N(CC(=O)O)CC3CC3)C2)no1. The van der Waals surface area contributed by atoms with Gasteiger partial charge in [-0.2, -0.15) is 0 Å². The van der Waals surface area contributed by atoms with Gasteiger partial charge >= 0.3 is 12.0 Å². The van der Waals surface area contributed by atoms with Gasteiger partial charge in [0.05, 0.1) is 18.4 Å². The van der Waals surface area contributed by atoms with E-state index in [1.165, 1.54) is 12.8 Å². The van der Waals surface area contributed by atoms with E-state index in [0.29, 0.717) is 23.3 Å². The zero-order valence-corrected chi connectivity index (χ0v) is 15.7. The molecule has 0 aliphatic heterocycles. The van der Waals surface area contributed by atoms with Crippen LogP contribution in [-0.2, 0) is 4.79 Å². The second-order valence-electron chi connectivity index (χ2n) is 7.65. The minimum absolute atomic E-state index is 0.0305. The molecule has 0 aromatic carbocycles. The van der Waals surface area contributed by atoms with Gasteiger partial charge in [-0.05, 0) is 44.6 Å². The summed E-state index contributed by atoms with van der Waals surface area (Å²) in [5.74, 6) is 1.39. The number of carboxylic acid groups (broad SMARTS) is 1. The number of aryl methyl sites for hydroxylation is 1. The van der Waals surface area contributed by atoms with Crippen molar-refractivity contribution in [3.05, 3.63) is 24.2 Å². The number of carbonyl (C=O) groups is 2. The fourth-order valence-corrected chi connectivity index (χ4v) is 3.59. The van der Waals surface area contributed by atoms with Crippen molar-refractivity contribution in [2.75, 3.05) is 18.4 Å². The molecule has 2 amide bonds. The molecule has 0 radical (unpaired) electrons. The molecule has 0 unspecified atom stereocenters. The van der Waals surface area contributed by atoms with E-state index in [0.717, 1.165) is 24.9 Å². The van der Waals surface area contributed by atoms with Crippen LogP contribution in [0, 0.1) is 12.8 Å². The van der Waals surface area contributed by atoms with Crippen LogP contribution in [0.1, 0.15) is 31.4 Å². The molecule has 0 bridgehead atoms. The Balaban J connectivity index is 1.24. The number of carbonyl (C=O) groups excluding carboxylic acids is 1. The van der Waals surface area contributed by atoms with E-state index in [-0.39, 0.29) is 24.7 Å². The molecule has 0 saturated heterocycles. The Morgan fingerprint density at radius 2 is 2.14 bits per heavy atom. The third-order valence-electron chi connectivity index (χ3n) is 5.37. The minimum Gasteiger partial charge on any atom is -0.480 e. The number of carboxylic acids is 1. The molecule has 0 atom stereocenters. The van der Waals surface area contributed by atoms with Crippen molar-refractivity contribution in [3.63, 3.8) is 0 Å². The van der Waals surface area contributed by atoms with Gasteiger partial charge in [0.1, 0.15) is 5.76 Å². The van der Waals surface area contributed by atoms with Crippen LogP contribution in [0.15, 0.2) is 27.3 Å². The number of nitrogens with zero attached hydrogens (tertiary/aromatic N) is 2. The monoisotopic (exact) mass is 388 g/mol. The van der Waals surface area contributed by atoms with Gasteiger partial charge < -0.3 is 19.4 Å². The quantitative estimate of drug-likeness (QED) is 0.636. The molecule has 0 spiro atoms. The molecule has 2 saturated carbocycles. The number of rotatable bonds is 8. The number of anilines is 1. The zero-order valence-electron chi connectivity index (χ0n) is 15.7. The van der Waals surface area contributed by atoms with Gasteiger partial charge in [0, 0.05) is 24.7 Å². The first-order valence-corrected chi connectivity index (χ1v) is 9.52. The molecule has 2 aromatic heterocycles. The van der Waals surface area contributed by atoms with Gasteiger partial charge in [-0.15, -0.1) is 0 Å². The van der Waals surface area contributed by atoms with Crippen LogP contribution < -0.4 is 10.6 Å². The van der Waals surface area contributed by atoms with Crippen molar-refractivity contribution in [3.8, 4) is 11.3 Å². The number of urea groups is 1. The molecule has 2 aromatic rings. The Morgan fingerprint density at radius 3 is 2.79 bits per heavy atom. The number of nitrogens with one attached hydrogen (secondary N) is 2. The Morgan fingerprint density at radius 1 is 1.36 bits per heavy atom. The van der Waals surface area contributed by atoms with Gasteiger partial charge in [0.25, 0.3) is 0 Å². The maximum Gasteiger partial charge on any atom is 0.320 e. The van der Waals surface area contributed by atoms with Crippen LogP contribution in [0.3, 0.4) is 0 Å². The molecule has 9 heteroatoms. The number of aliphatic carboxylic acids is 1. The van der Waals surface area contributed by atoms with E-state index in [2.05, 4.69) is 15.8 Å². The molecule has 9 nitrogen and oxygen atoms in total. The summed E-state index contributed by atoms with van der Waals surface area (Å²) >= 11 is 0. The first kappa shape index (κ1) is 18.5. The Bertz CT molecular complexity index is 850. The highest BCUT2D eigenvalue weighted by atomic mass is 16.5. The third-order valence-corrected chi connectivity index (χ3v) is 5.37. The van der Waals surface area contributed by atoms with E-state index < -0.39 is 5.97 Å². The molecule has 3 N–H and O–H groups in total. The summed E-state index contributed by atoms with van der Waals surface area (Å²) in [5, 5.41) is 18.5. The summed E-state index contributed by atoms with van der Waals surface area (Å²) in [6.45, 7) is 2.72. The van der Waals surface area contributed by atoms with E-state index in [4.69, 9.17) is 14.0 Å². The summed E-state index contributed by atoms with van der Waals surface area (Å²) in [6.07, 6.45) is 5.45. The molecule has 28 heavy (non-hydrogen) atoms. The van der Waals surface area contributed by atoms with Crippen LogP contribution >= 0.6 is 0 Å². The van der Waals surface area contributed by atoms with Crippen LogP contribution in [0.5, 0.6) is 0 Å². The molecule has 150 valence electrons. The van der Waals surface area contributed by atoms with Gasteiger partial charge in [-0.1, -0.05) is 5.16 Å². The number of hydrogen-bond acceptors (Lipinski definition) is 6. The Hall–Kier alpha value is -2.81. The lowest BCUT2D eigenvalue weighted by Crippen LogP contribution is -2.55. The topological polar surface area (TPSA) is 121 Å². The minimum atomic E-state index is -0.801. The van der Waals surface area contributed by atoms with Gasteiger partial charge in [0.2, 0.25) is 0 Å². The fraction of sp³-hybridized carbons (Fsp3) is 0.526. The summed E-state index contributed by atoms with van der Waals surface area (Å²) in [6, 6.07) is 3.32. The number of amides is 2. The average molecular weight is 388 g/mol. The summed E-state index contributed by atoms with van der Waals surface area (Å²) in [4.78, 5) is 25.3. The smallest absolute Gasteiger partial charge is 0.320 e. The summed E-state index contributed by atoms with van der Waals surface area (Å²) < 4.78 is 10.5.